The van der Waals surface area contributed by atoms with E-state index in [0.29, 0.717) is 16.1 Å². The topological polar surface area (TPSA) is 84.9 Å². The van der Waals surface area contributed by atoms with Crippen molar-refractivity contribution in [3.63, 3.8) is 0 Å². The Morgan fingerprint density at radius 1 is 1.00 bits per heavy atom. The van der Waals surface area contributed by atoms with Crippen molar-refractivity contribution < 1.29 is 28.2 Å². The number of hydrogen-bond acceptors (Lipinski definition) is 5. The molecule has 190 valence electrons. The van der Waals surface area contributed by atoms with E-state index in [9.17, 15) is 18.8 Å². The summed E-state index contributed by atoms with van der Waals surface area (Å²) in [7, 11) is 0. The van der Waals surface area contributed by atoms with Crippen molar-refractivity contribution in [2.24, 2.45) is 0 Å². The quantitative estimate of drug-likeness (QED) is 0.288. The summed E-state index contributed by atoms with van der Waals surface area (Å²) in [5.41, 5.74) is 1.35. The molecule has 1 saturated heterocycles. The van der Waals surface area contributed by atoms with E-state index < -0.39 is 23.7 Å². The summed E-state index contributed by atoms with van der Waals surface area (Å²) in [6, 6.07) is 13.0. The van der Waals surface area contributed by atoms with Crippen LogP contribution in [0.5, 0.6) is 11.5 Å². The van der Waals surface area contributed by atoms with Gasteiger partial charge in [0, 0.05) is 10.6 Å². The first-order valence-electron chi connectivity index (χ1n) is 11.2. The molecule has 7 nitrogen and oxygen atoms in total. The molecule has 0 atom stereocenters. The number of urea groups is 1. The minimum atomic E-state index is -0.892. The van der Waals surface area contributed by atoms with Gasteiger partial charge in [0.25, 0.3) is 11.8 Å². The van der Waals surface area contributed by atoms with Crippen LogP contribution in [-0.4, -0.2) is 24.5 Å². The van der Waals surface area contributed by atoms with E-state index in [2.05, 4.69) is 5.32 Å². The van der Waals surface area contributed by atoms with Crippen molar-refractivity contribution in [2.45, 2.75) is 20.5 Å². The molecule has 0 aromatic heterocycles. The number of nitrogens with one attached hydrogen (secondary N) is 1. The fourth-order valence-electron chi connectivity index (χ4n) is 3.62. The van der Waals surface area contributed by atoms with Crippen LogP contribution in [0.15, 0.2) is 60.2 Å². The molecule has 1 heterocycles. The number of halogens is 3. The van der Waals surface area contributed by atoms with Crippen LogP contribution in [0.4, 0.5) is 14.9 Å². The molecule has 4 amide bonds. The van der Waals surface area contributed by atoms with Gasteiger partial charge in [-0.05, 0) is 61.4 Å². The Kier molecular flexibility index (Phi) is 7.80. The lowest BCUT2D eigenvalue weighted by molar-refractivity contribution is -0.122. The third-order valence-electron chi connectivity index (χ3n) is 5.49. The lowest BCUT2D eigenvalue weighted by Gasteiger charge is -2.26. The number of hydrogen-bond donors (Lipinski definition) is 1. The van der Waals surface area contributed by atoms with E-state index in [1.54, 1.807) is 44.2 Å². The molecule has 1 aliphatic rings. The number of rotatable bonds is 7. The van der Waals surface area contributed by atoms with Gasteiger partial charge in [-0.15, -0.1) is 0 Å². The van der Waals surface area contributed by atoms with E-state index in [0.717, 1.165) is 10.5 Å². The summed E-state index contributed by atoms with van der Waals surface area (Å²) in [6.45, 7) is 3.71. The van der Waals surface area contributed by atoms with Gasteiger partial charge in [0.05, 0.1) is 17.3 Å². The van der Waals surface area contributed by atoms with Crippen LogP contribution < -0.4 is 19.7 Å². The predicted octanol–water partition coefficient (Wildman–Crippen LogP) is 6.09. The van der Waals surface area contributed by atoms with Crippen molar-refractivity contribution in [1.82, 2.24) is 5.32 Å². The van der Waals surface area contributed by atoms with E-state index >= 15 is 0 Å². The van der Waals surface area contributed by atoms with E-state index in [1.807, 2.05) is 0 Å². The number of carbonyl (C=O) groups is 3. The highest BCUT2D eigenvalue weighted by atomic mass is 35.5. The van der Waals surface area contributed by atoms with Crippen LogP contribution in [0, 0.1) is 12.7 Å². The zero-order chi connectivity index (χ0) is 26.7. The van der Waals surface area contributed by atoms with Gasteiger partial charge in [-0.1, -0.05) is 47.5 Å². The van der Waals surface area contributed by atoms with Gasteiger partial charge in [-0.2, -0.15) is 0 Å². The Morgan fingerprint density at radius 3 is 2.46 bits per heavy atom. The molecule has 0 unspecified atom stereocenters. The summed E-state index contributed by atoms with van der Waals surface area (Å²) in [6.07, 6.45) is 1.29. The minimum absolute atomic E-state index is 0.0933. The molecule has 0 spiro atoms. The number of anilines is 1. The Bertz CT molecular complexity index is 1440. The third-order valence-corrected chi connectivity index (χ3v) is 6.18. The molecule has 0 aliphatic carbocycles. The number of amides is 4. The maximum Gasteiger partial charge on any atom is 0.335 e. The van der Waals surface area contributed by atoms with Gasteiger partial charge in [0.2, 0.25) is 0 Å². The van der Waals surface area contributed by atoms with Crippen LogP contribution >= 0.6 is 23.2 Å². The first kappa shape index (κ1) is 26.2. The number of aryl methyl sites for hydroxylation is 1. The summed E-state index contributed by atoms with van der Waals surface area (Å²) in [4.78, 5) is 39.1. The zero-order valence-electron chi connectivity index (χ0n) is 19.8. The van der Waals surface area contributed by atoms with Gasteiger partial charge in [0.1, 0.15) is 18.0 Å². The smallest absolute Gasteiger partial charge is 0.335 e. The fourth-order valence-corrected chi connectivity index (χ4v) is 4.07. The number of barbiturate groups is 1. The summed E-state index contributed by atoms with van der Waals surface area (Å²) >= 11 is 12.6. The average Bonchev–Trinajstić information content (AvgIpc) is 2.84. The Morgan fingerprint density at radius 2 is 1.76 bits per heavy atom. The lowest BCUT2D eigenvalue weighted by Crippen LogP contribution is -2.54. The summed E-state index contributed by atoms with van der Waals surface area (Å²) < 4.78 is 25.4. The lowest BCUT2D eigenvalue weighted by atomic mass is 10.1. The van der Waals surface area contributed by atoms with Crippen LogP contribution in [0.3, 0.4) is 0 Å². The van der Waals surface area contributed by atoms with E-state index in [4.69, 9.17) is 32.7 Å². The van der Waals surface area contributed by atoms with E-state index in [-0.39, 0.29) is 41.0 Å². The van der Waals surface area contributed by atoms with E-state index in [1.165, 1.54) is 30.3 Å². The van der Waals surface area contributed by atoms with Crippen molar-refractivity contribution in [2.75, 3.05) is 11.5 Å². The second kappa shape index (κ2) is 11.0. The summed E-state index contributed by atoms with van der Waals surface area (Å²) in [5, 5.41) is 2.65. The molecular weight excluding hydrogens is 522 g/mol. The van der Waals surface area contributed by atoms with Gasteiger partial charge in [0.15, 0.2) is 11.5 Å². The third kappa shape index (κ3) is 5.60. The standard InChI is InChI=1S/C27H21Cl2FN2O5/c1-3-36-23-12-16(11-21(29)24(23)37-14-17-6-4-5-7-22(17)30)10-19-25(33)31-27(35)32(26(19)34)18-9-8-15(2)20(28)13-18/h4-13H,3,14H2,1-2H3,(H,31,33,35)/b19-10-. The zero-order valence-corrected chi connectivity index (χ0v) is 21.3. The maximum absolute atomic E-state index is 14.0. The predicted molar refractivity (Wildman–Crippen MR) is 139 cm³/mol. The Balaban J connectivity index is 1.67. The molecular formula is C27H21Cl2FN2O5. The molecule has 1 fully saturated rings. The fraction of sp³-hybridized carbons (Fsp3) is 0.148. The molecule has 37 heavy (non-hydrogen) atoms. The number of carbonyl (C=O) groups excluding carboxylic acids is 3. The molecule has 0 bridgehead atoms. The van der Waals surface area contributed by atoms with Crippen LogP contribution in [-0.2, 0) is 16.2 Å². The van der Waals surface area contributed by atoms with Gasteiger partial charge in [-0.25, -0.2) is 14.1 Å². The van der Waals surface area contributed by atoms with Gasteiger partial charge >= 0.3 is 6.03 Å². The van der Waals surface area contributed by atoms with Crippen molar-refractivity contribution in [3.8, 4) is 11.5 Å². The SMILES string of the molecule is CCOc1cc(/C=C2/C(=O)NC(=O)N(c3ccc(C)c(Cl)c3)C2=O)cc(Cl)c1OCc1ccccc1F. The van der Waals surface area contributed by atoms with Crippen LogP contribution in [0.2, 0.25) is 10.0 Å². The maximum atomic E-state index is 14.0. The first-order valence-corrected chi connectivity index (χ1v) is 11.9. The van der Waals surface area contributed by atoms with Crippen LogP contribution in [0.25, 0.3) is 6.08 Å². The van der Waals surface area contributed by atoms with Gasteiger partial charge in [-0.3, -0.25) is 14.9 Å². The monoisotopic (exact) mass is 542 g/mol. The first-order chi connectivity index (χ1) is 17.7. The van der Waals surface area contributed by atoms with Crippen molar-refractivity contribution in [1.29, 1.82) is 0 Å². The molecule has 0 saturated carbocycles. The Hall–Kier alpha value is -3.88. The summed E-state index contributed by atoms with van der Waals surface area (Å²) in [5.74, 6) is -1.70. The molecule has 0 radical (unpaired) electrons. The Labute approximate surface area is 222 Å². The molecule has 10 heteroatoms. The largest absolute Gasteiger partial charge is 0.490 e. The highest BCUT2D eigenvalue weighted by Crippen LogP contribution is 2.38. The normalized spacial score (nSPS) is 14.7. The number of benzene rings is 3. The molecule has 4 rings (SSSR count). The minimum Gasteiger partial charge on any atom is -0.490 e. The van der Waals surface area contributed by atoms with Crippen molar-refractivity contribution in [3.05, 3.63) is 92.7 Å². The second-order valence-electron chi connectivity index (χ2n) is 8.03. The van der Waals surface area contributed by atoms with Gasteiger partial charge < -0.3 is 9.47 Å². The molecule has 3 aromatic carbocycles. The highest BCUT2D eigenvalue weighted by Gasteiger charge is 2.37. The van der Waals surface area contributed by atoms with Crippen LogP contribution in [0.1, 0.15) is 23.6 Å². The van der Waals surface area contributed by atoms with Crippen molar-refractivity contribution >= 4 is 52.8 Å². The molecule has 1 aliphatic heterocycles. The number of nitrogens with zero attached hydrogens (tertiary/aromatic N) is 1. The number of imide groups is 2. The average molecular weight is 543 g/mol. The molecule has 3 aromatic rings. The highest BCUT2D eigenvalue weighted by molar-refractivity contribution is 6.39. The number of ether oxygens (including phenoxy) is 2. The second-order valence-corrected chi connectivity index (χ2v) is 8.85. The molecule has 1 N–H and O–H groups in total.